The van der Waals surface area contributed by atoms with Crippen LogP contribution in [0.25, 0.3) is 0 Å². The van der Waals surface area contributed by atoms with Crippen molar-refractivity contribution in [3.63, 3.8) is 0 Å². The van der Waals surface area contributed by atoms with Crippen LogP contribution >= 0.6 is 11.8 Å². The first kappa shape index (κ1) is 13.2. The Kier molecular flexibility index (Phi) is 4.11. The van der Waals surface area contributed by atoms with Gasteiger partial charge in [0.1, 0.15) is 0 Å². The molecule has 1 aliphatic rings. The minimum absolute atomic E-state index is 0.0272. The van der Waals surface area contributed by atoms with E-state index in [1.165, 1.54) is 0 Å². The topological polar surface area (TPSA) is 78.6 Å². The molecule has 0 fully saturated rings. The van der Waals surface area contributed by atoms with Gasteiger partial charge in [-0.05, 0) is 18.2 Å². The summed E-state index contributed by atoms with van der Waals surface area (Å²) in [6, 6.07) is 5.65. The number of aliphatic hydroxyl groups is 1. The average Bonchev–Trinajstić information content (AvgIpc) is 2.37. The van der Waals surface area contributed by atoms with E-state index in [9.17, 15) is 4.79 Å². The van der Waals surface area contributed by atoms with Crippen molar-refractivity contribution in [2.75, 3.05) is 36.2 Å². The first-order valence-electron chi connectivity index (χ1n) is 5.74. The fourth-order valence-electron chi connectivity index (χ4n) is 1.82. The lowest BCUT2D eigenvalue weighted by molar-refractivity contribution is -0.113. The molecule has 1 aliphatic heterocycles. The van der Waals surface area contributed by atoms with Crippen LogP contribution < -0.4 is 16.0 Å². The molecule has 0 aromatic heterocycles. The van der Waals surface area contributed by atoms with Crippen LogP contribution in [0.15, 0.2) is 23.1 Å². The Labute approximate surface area is 110 Å². The van der Waals surface area contributed by atoms with Crippen LogP contribution in [0.2, 0.25) is 0 Å². The summed E-state index contributed by atoms with van der Waals surface area (Å²) < 4.78 is 0. The number of carbonyl (C=O) groups is 1. The maximum atomic E-state index is 11.3. The van der Waals surface area contributed by atoms with Gasteiger partial charge in [0.05, 0.1) is 18.0 Å². The normalized spacial score (nSPS) is 15.8. The third kappa shape index (κ3) is 2.95. The summed E-state index contributed by atoms with van der Waals surface area (Å²) in [5.74, 6) is 0.497. The van der Waals surface area contributed by atoms with E-state index in [-0.39, 0.29) is 18.6 Å². The quantitative estimate of drug-likeness (QED) is 0.740. The zero-order valence-corrected chi connectivity index (χ0v) is 11.0. The zero-order chi connectivity index (χ0) is 13.1. The Hall–Kier alpha value is -1.24. The van der Waals surface area contributed by atoms with E-state index in [1.54, 1.807) is 11.8 Å². The number of nitrogens with one attached hydrogen (secondary N) is 1. The fourth-order valence-corrected chi connectivity index (χ4v) is 2.61. The van der Waals surface area contributed by atoms with E-state index >= 15 is 0 Å². The molecule has 18 heavy (non-hydrogen) atoms. The molecular weight excluding hydrogens is 250 g/mol. The largest absolute Gasteiger partial charge is 0.395 e. The number of likely N-dealkylation sites (N-methyl/N-ethyl adjacent to an activating group) is 1. The van der Waals surface area contributed by atoms with Crippen molar-refractivity contribution >= 4 is 29.0 Å². The number of benzene rings is 1. The minimum atomic E-state index is -0.269. The molecule has 0 spiro atoms. The molecule has 1 aromatic carbocycles. The Balaban J connectivity index is 2.15. The molecule has 1 amide bonds. The van der Waals surface area contributed by atoms with Crippen LogP contribution in [0.1, 0.15) is 0 Å². The van der Waals surface area contributed by atoms with Crippen LogP contribution in [0.4, 0.5) is 11.4 Å². The second-order valence-electron chi connectivity index (χ2n) is 4.34. The molecule has 98 valence electrons. The third-order valence-electron chi connectivity index (χ3n) is 2.78. The number of carbonyl (C=O) groups excluding carboxylic acids is 1. The van der Waals surface area contributed by atoms with Gasteiger partial charge in [0.2, 0.25) is 5.91 Å². The maximum Gasteiger partial charge on any atom is 0.234 e. The highest BCUT2D eigenvalue weighted by Gasteiger charge is 2.16. The highest BCUT2D eigenvalue weighted by atomic mass is 32.2. The molecule has 0 bridgehead atoms. The average molecular weight is 267 g/mol. The molecule has 1 atom stereocenters. The van der Waals surface area contributed by atoms with Crippen molar-refractivity contribution in [1.82, 2.24) is 0 Å². The standard InChI is InChI=1S/C12H17N3O2S/c1-15(5-8(13)6-16)9-2-3-11-10(4-9)14-12(17)7-18-11/h2-4,8,16H,5-7,13H2,1H3,(H,14,17). The number of aliphatic hydroxyl groups excluding tert-OH is 1. The number of nitrogens with two attached hydrogens (primary N) is 1. The van der Waals surface area contributed by atoms with Gasteiger partial charge in [-0.1, -0.05) is 0 Å². The Morgan fingerprint density at radius 3 is 3.11 bits per heavy atom. The number of fused-ring (bicyclic) bond motifs is 1. The van der Waals surface area contributed by atoms with Gasteiger partial charge < -0.3 is 21.1 Å². The van der Waals surface area contributed by atoms with Crippen LogP contribution in [-0.2, 0) is 4.79 Å². The number of amides is 1. The molecule has 4 N–H and O–H groups in total. The smallest absolute Gasteiger partial charge is 0.234 e. The summed E-state index contributed by atoms with van der Waals surface area (Å²) in [6.07, 6.45) is 0. The van der Waals surface area contributed by atoms with E-state index in [0.717, 1.165) is 16.3 Å². The van der Waals surface area contributed by atoms with Crippen molar-refractivity contribution < 1.29 is 9.90 Å². The number of hydrogen-bond donors (Lipinski definition) is 3. The summed E-state index contributed by atoms with van der Waals surface area (Å²) >= 11 is 1.54. The van der Waals surface area contributed by atoms with E-state index < -0.39 is 0 Å². The zero-order valence-electron chi connectivity index (χ0n) is 10.2. The molecule has 1 unspecified atom stereocenters. The number of thioether (sulfide) groups is 1. The van der Waals surface area contributed by atoms with Gasteiger partial charge in [0, 0.05) is 30.2 Å². The Morgan fingerprint density at radius 2 is 2.39 bits per heavy atom. The second kappa shape index (κ2) is 5.60. The van der Waals surface area contributed by atoms with Gasteiger partial charge >= 0.3 is 0 Å². The van der Waals surface area contributed by atoms with Gasteiger partial charge in [-0.3, -0.25) is 4.79 Å². The van der Waals surface area contributed by atoms with Gasteiger partial charge in [0.15, 0.2) is 0 Å². The van der Waals surface area contributed by atoms with Crippen LogP contribution in [0.5, 0.6) is 0 Å². The predicted molar refractivity (Wildman–Crippen MR) is 74.1 cm³/mol. The summed E-state index contributed by atoms with van der Waals surface area (Å²) in [5.41, 5.74) is 7.52. The predicted octanol–water partition coefficient (Wildman–Crippen LogP) is 0.487. The number of rotatable bonds is 4. The molecule has 0 saturated heterocycles. The highest BCUT2D eigenvalue weighted by molar-refractivity contribution is 8.00. The molecule has 0 radical (unpaired) electrons. The van der Waals surface area contributed by atoms with Gasteiger partial charge in [-0.2, -0.15) is 0 Å². The van der Waals surface area contributed by atoms with Crippen LogP contribution in [0.3, 0.4) is 0 Å². The second-order valence-corrected chi connectivity index (χ2v) is 5.36. The van der Waals surface area contributed by atoms with E-state index in [4.69, 9.17) is 10.8 Å². The Bertz CT molecular complexity index is 453. The van der Waals surface area contributed by atoms with Gasteiger partial charge in [0.25, 0.3) is 0 Å². The van der Waals surface area contributed by atoms with Crippen LogP contribution in [-0.4, -0.2) is 43.0 Å². The van der Waals surface area contributed by atoms with Crippen molar-refractivity contribution in [3.8, 4) is 0 Å². The van der Waals surface area contributed by atoms with Crippen molar-refractivity contribution in [3.05, 3.63) is 18.2 Å². The number of hydrogen-bond acceptors (Lipinski definition) is 5. The molecular formula is C12H17N3O2S. The molecule has 0 saturated carbocycles. The number of nitrogens with zero attached hydrogens (tertiary/aromatic N) is 1. The minimum Gasteiger partial charge on any atom is -0.395 e. The molecule has 6 heteroatoms. The number of anilines is 2. The molecule has 1 heterocycles. The first-order chi connectivity index (χ1) is 8.60. The Morgan fingerprint density at radius 1 is 1.61 bits per heavy atom. The monoisotopic (exact) mass is 267 g/mol. The third-order valence-corrected chi connectivity index (χ3v) is 3.85. The fraction of sp³-hybridized carbons (Fsp3) is 0.417. The summed E-state index contributed by atoms with van der Waals surface area (Å²) in [7, 11) is 1.91. The summed E-state index contributed by atoms with van der Waals surface area (Å²) in [4.78, 5) is 14.4. The first-order valence-corrected chi connectivity index (χ1v) is 6.73. The van der Waals surface area contributed by atoms with Crippen molar-refractivity contribution in [2.24, 2.45) is 5.73 Å². The molecule has 2 rings (SSSR count). The maximum absolute atomic E-state index is 11.3. The molecule has 5 nitrogen and oxygen atoms in total. The van der Waals surface area contributed by atoms with Crippen molar-refractivity contribution in [2.45, 2.75) is 10.9 Å². The van der Waals surface area contributed by atoms with Crippen LogP contribution in [0, 0.1) is 0 Å². The molecule has 0 aliphatic carbocycles. The van der Waals surface area contributed by atoms with E-state index in [2.05, 4.69) is 5.32 Å². The van der Waals surface area contributed by atoms with E-state index in [0.29, 0.717) is 12.3 Å². The lowest BCUT2D eigenvalue weighted by atomic mass is 10.2. The SMILES string of the molecule is CN(CC(N)CO)c1ccc2c(c1)NC(=O)CS2. The summed E-state index contributed by atoms with van der Waals surface area (Å²) in [6.45, 7) is 0.526. The highest BCUT2D eigenvalue weighted by Crippen LogP contribution is 2.34. The van der Waals surface area contributed by atoms with E-state index in [1.807, 2.05) is 30.1 Å². The lowest BCUT2D eigenvalue weighted by Gasteiger charge is -2.24. The van der Waals surface area contributed by atoms with Crippen molar-refractivity contribution in [1.29, 1.82) is 0 Å². The van der Waals surface area contributed by atoms with Gasteiger partial charge in [-0.25, -0.2) is 0 Å². The molecule has 1 aromatic rings. The van der Waals surface area contributed by atoms with Gasteiger partial charge in [-0.15, -0.1) is 11.8 Å². The lowest BCUT2D eigenvalue weighted by Crippen LogP contribution is -2.37. The summed E-state index contributed by atoms with van der Waals surface area (Å²) in [5, 5.41) is 11.8.